The van der Waals surface area contributed by atoms with Crippen LogP contribution in [0.4, 0.5) is 5.69 Å². The van der Waals surface area contributed by atoms with Gasteiger partial charge in [-0.3, -0.25) is 4.98 Å². The molecule has 0 bridgehead atoms. The first-order valence-corrected chi connectivity index (χ1v) is 6.21. The van der Waals surface area contributed by atoms with Crippen molar-refractivity contribution in [2.45, 2.75) is 38.6 Å². The zero-order valence-electron chi connectivity index (χ0n) is 9.95. The van der Waals surface area contributed by atoms with Crippen molar-refractivity contribution in [1.82, 2.24) is 10.3 Å². The number of nitrogens with zero attached hydrogens (tertiary/aromatic N) is 1. The molecule has 1 heterocycles. The summed E-state index contributed by atoms with van der Waals surface area (Å²) in [5.74, 6) is 0.774. The van der Waals surface area contributed by atoms with Crippen LogP contribution >= 0.6 is 0 Å². The van der Waals surface area contributed by atoms with E-state index in [1.165, 1.54) is 24.8 Å². The molecule has 16 heavy (non-hydrogen) atoms. The summed E-state index contributed by atoms with van der Waals surface area (Å²) in [5, 5.41) is 3.53. The van der Waals surface area contributed by atoms with Crippen LogP contribution in [0.1, 0.15) is 31.7 Å². The topological polar surface area (TPSA) is 50.9 Å². The molecule has 1 aliphatic carbocycles. The molecule has 2 atom stereocenters. The average Bonchev–Trinajstić information content (AvgIpc) is 2.70. The summed E-state index contributed by atoms with van der Waals surface area (Å²) in [6.45, 7) is 3.25. The monoisotopic (exact) mass is 219 g/mol. The van der Waals surface area contributed by atoms with Gasteiger partial charge in [-0.1, -0.05) is 6.92 Å². The quantitative estimate of drug-likeness (QED) is 0.814. The highest BCUT2D eigenvalue weighted by Crippen LogP contribution is 2.29. The summed E-state index contributed by atoms with van der Waals surface area (Å²) in [6, 6.07) is 2.61. The molecule has 1 saturated carbocycles. The molecule has 3 N–H and O–H groups in total. The van der Waals surface area contributed by atoms with Gasteiger partial charge in [0.05, 0.1) is 0 Å². The first kappa shape index (κ1) is 11.4. The van der Waals surface area contributed by atoms with Gasteiger partial charge < -0.3 is 11.1 Å². The molecule has 1 aliphatic rings. The summed E-state index contributed by atoms with van der Waals surface area (Å²) in [7, 11) is 0. The van der Waals surface area contributed by atoms with Crippen molar-refractivity contribution in [1.29, 1.82) is 0 Å². The number of anilines is 1. The van der Waals surface area contributed by atoms with Crippen molar-refractivity contribution in [3.05, 3.63) is 24.0 Å². The molecule has 88 valence electrons. The lowest BCUT2D eigenvalue weighted by Crippen LogP contribution is -2.25. The molecule has 0 amide bonds. The molecule has 1 fully saturated rings. The van der Waals surface area contributed by atoms with E-state index in [-0.39, 0.29) is 0 Å². The van der Waals surface area contributed by atoms with E-state index in [2.05, 4.69) is 17.2 Å². The van der Waals surface area contributed by atoms with Gasteiger partial charge in [-0.25, -0.2) is 0 Å². The van der Waals surface area contributed by atoms with Gasteiger partial charge in [0.1, 0.15) is 0 Å². The molecule has 2 rings (SSSR count). The van der Waals surface area contributed by atoms with Crippen LogP contribution < -0.4 is 11.1 Å². The van der Waals surface area contributed by atoms with Gasteiger partial charge in [0, 0.05) is 24.1 Å². The Balaban J connectivity index is 1.90. The molecule has 3 heteroatoms. The Kier molecular flexibility index (Phi) is 3.78. The van der Waals surface area contributed by atoms with Crippen LogP contribution in [-0.2, 0) is 6.42 Å². The Bertz CT molecular complexity index is 338. The van der Waals surface area contributed by atoms with E-state index in [9.17, 15) is 0 Å². The van der Waals surface area contributed by atoms with E-state index in [0.717, 1.165) is 24.6 Å². The Hall–Kier alpha value is -1.09. The molecule has 1 aromatic rings. The van der Waals surface area contributed by atoms with Gasteiger partial charge in [0.25, 0.3) is 0 Å². The van der Waals surface area contributed by atoms with Gasteiger partial charge in [-0.15, -0.1) is 0 Å². The highest BCUT2D eigenvalue weighted by Gasteiger charge is 2.24. The first-order chi connectivity index (χ1) is 7.79. The van der Waals surface area contributed by atoms with Crippen molar-refractivity contribution in [3.8, 4) is 0 Å². The molecule has 1 aromatic heterocycles. The van der Waals surface area contributed by atoms with Crippen molar-refractivity contribution >= 4 is 5.69 Å². The minimum absolute atomic E-state index is 0.716. The zero-order valence-corrected chi connectivity index (χ0v) is 9.95. The number of nitrogen functional groups attached to an aromatic ring is 1. The van der Waals surface area contributed by atoms with Gasteiger partial charge in [-0.05, 0) is 49.8 Å². The maximum absolute atomic E-state index is 5.94. The molecule has 0 spiro atoms. The highest BCUT2D eigenvalue weighted by molar-refractivity contribution is 5.44. The van der Waals surface area contributed by atoms with E-state index in [1.54, 1.807) is 6.20 Å². The third-order valence-electron chi connectivity index (χ3n) is 3.48. The zero-order chi connectivity index (χ0) is 11.4. The smallest absolute Gasteiger partial charge is 0.0377 e. The Morgan fingerprint density at radius 3 is 3.12 bits per heavy atom. The lowest BCUT2D eigenvalue weighted by atomic mass is 9.98. The Morgan fingerprint density at radius 2 is 2.38 bits per heavy atom. The third kappa shape index (κ3) is 2.73. The SMILES string of the molecule is CCNC1CCC(Cc2cnccc2N)C1. The minimum atomic E-state index is 0.716. The molecule has 3 nitrogen and oxygen atoms in total. The van der Waals surface area contributed by atoms with Crippen molar-refractivity contribution in [3.63, 3.8) is 0 Å². The van der Waals surface area contributed by atoms with Crippen molar-refractivity contribution < 1.29 is 0 Å². The fourth-order valence-corrected chi connectivity index (χ4v) is 2.65. The van der Waals surface area contributed by atoms with Gasteiger partial charge in [0.15, 0.2) is 0 Å². The molecule has 0 aliphatic heterocycles. The number of hydrogen-bond donors (Lipinski definition) is 2. The van der Waals surface area contributed by atoms with Gasteiger partial charge in [-0.2, -0.15) is 0 Å². The van der Waals surface area contributed by atoms with E-state index in [1.807, 2.05) is 12.3 Å². The van der Waals surface area contributed by atoms with Crippen LogP contribution in [0.3, 0.4) is 0 Å². The van der Waals surface area contributed by atoms with Gasteiger partial charge in [0.2, 0.25) is 0 Å². The largest absolute Gasteiger partial charge is 0.398 e. The van der Waals surface area contributed by atoms with E-state index < -0.39 is 0 Å². The number of nitrogens with one attached hydrogen (secondary N) is 1. The number of rotatable bonds is 4. The molecule has 0 aromatic carbocycles. The standard InChI is InChI=1S/C13H21N3/c1-2-16-12-4-3-10(8-12)7-11-9-15-6-5-13(11)14/h5-6,9-10,12,16H,2-4,7-8H2,1H3,(H2,14,15). The van der Waals surface area contributed by atoms with E-state index >= 15 is 0 Å². The van der Waals surface area contributed by atoms with E-state index in [0.29, 0.717) is 6.04 Å². The van der Waals surface area contributed by atoms with Crippen LogP contribution in [0.2, 0.25) is 0 Å². The van der Waals surface area contributed by atoms with E-state index in [4.69, 9.17) is 5.73 Å². The second-order valence-electron chi connectivity index (χ2n) is 4.71. The predicted octanol–water partition coefficient (Wildman–Crippen LogP) is 1.98. The number of nitrogens with two attached hydrogens (primary N) is 1. The summed E-state index contributed by atoms with van der Waals surface area (Å²) < 4.78 is 0. The Labute approximate surface area is 97.5 Å². The third-order valence-corrected chi connectivity index (χ3v) is 3.48. The fourth-order valence-electron chi connectivity index (χ4n) is 2.65. The summed E-state index contributed by atoms with van der Waals surface area (Å²) in [4.78, 5) is 4.15. The number of pyridine rings is 1. The first-order valence-electron chi connectivity index (χ1n) is 6.21. The number of hydrogen-bond acceptors (Lipinski definition) is 3. The van der Waals surface area contributed by atoms with Gasteiger partial charge >= 0.3 is 0 Å². The molecular weight excluding hydrogens is 198 g/mol. The fraction of sp³-hybridized carbons (Fsp3) is 0.615. The molecule has 0 saturated heterocycles. The second kappa shape index (κ2) is 5.30. The van der Waals surface area contributed by atoms with Crippen LogP contribution in [0.25, 0.3) is 0 Å². The lowest BCUT2D eigenvalue weighted by Gasteiger charge is -2.12. The van der Waals surface area contributed by atoms with Crippen LogP contribution in [0.15, 0.2) is 18.5 Å². The van der Waals surface area contributed by atoms with Crippen molar-refractivity contribution in [2.24, 2.45) is 5.92 Å². The maximum atomic E-state index is 5.94. The molecule has 2 unspecified atom stereocenters. The van der Waals surface area contributed by atoms with Crippen LogP contribution in [0.5, 0.6) is 0 Å². The normalized spacial score (nSPS) is 24.8. The summed E-state index contributed by atoms with van der Waals surface area (Å²) >= 11 is 0. The molecule has 0 radical (unpaired) electrons. The lowest BCUT2D eigenvalue weighted by molar-refractivity contribution is 0.493. The minimum Gasteiger partial charge on any atom is -0.398 e. The predicted molar refractivity (Wildman–Crippen MR) is 67.2 cm³/mol. The summed E-state index contributed by atoms with van der Waals surface area (Å²) in [5.41, 5.74) is 8.04. The van der Waals surface area contributed by atoms with Crippen molar-refractivity contribution in [2.75, 3.05) is 12.3 Å². The summed E-state index contributed by atoms with van der Waals surface area (Å²) in [6.07, 6.45) is 8.65. The number of aromatic nitrogens is 1. The molecular formula is C13H21N3. The highest BCUT2D eigenvalue weighted by atomic mass is 14.9. The Morgan fingerprint density at radius 1 is 1.50 bits per heavy atom. The average molecular weight is 219 g/mol. The maximum Gasteiger partial charge on any atom is 0.0377 e. The second-order valence-corrected chi connectivity index (χ2v) is 4.71. The van der Waals surface area contributed by atoms with Crippen LogP contribution in [-0.4, -0.2) is 17.6 Å². The van der Waals surface area contributed by atoms with Crippen LogP contribution in [0, 0.1) is 5.92 Å².